The molecular formula is C12H14N2O5S2. The summed E-state index contributed by atoms with van der Waals surface area (Å²) >= 11 is 0.746. The Bertz CT molecular complexity index is 775. The maximum absolute atomic E-state index is 12.4. The molecule has 7 nitrogen and oxygen atoms in total. The molecule has 0 saturated carbocycles. The number of aromatic nitrogens is 1. The van der Waals surface area contributed by atoms with Gasteiger partial charge in [-0.25, -0.2) is 13.2 Å². The van der Waals surface area contributed by atoms with E-state index in [1.807, 2.05) is 0 Å². The first-order chi connectivity index (χ1) is 9.71. The van der Waals surface area contributed by atoms with E-state index >= 15 is 0 Å². The van der Waals surface area contributed by atoms with Gasteiger partial charge in [0.05, 0.1) is 12.2 Å². The molecule has 0 spiro atoms. The van der Waals surface area contributed by atoms with Gasteiger partial charge in [0.2, 0.25) is 0 Å². The predicted molar refractivity (Wildman–Crippen MR) is 75.9 cm³/mol. The number of aromatic carboxylic acids is 1. The Kier molecular flexibility index (Phi) is 4.17. The van der Waals surface area contributed by atoms with E-state index in [1.54, 1.807) is 19.9 Å². The molecule has 21 heavy (non-hydrogen) atoms. The van der Waals surface area contributed by atoms with Crippen LogP contribution in [0.15, 0.2) is 20.9 Å². The van der Waals surface area contributed by atoms with Crippen LogP contribution in [0, 0.1) is 13.8 Å². The van der Waals surface area contributed by atoms with Crippen LogP contribution in [-0.4, -0.2) is 36.0 Å². The average Bonchev–Trinajstić information content (AvgIpc) is 2.95. The van der Waals surface area contributed by atoms with Crippen molar-refractivity contribution < 1.29 is 22.8 Å². The second-order valence-corrected chi connectivity index (χ2v) is 7.90. The zero-order valence-electron chi connectivity index (χ0n) is 11.7. The molecule has 114 valence electrons. The first-order valence-electron chi connectivity index (χ1n) is 5.94. The number of carboxylic acids is 1. The number of hydrogen-bond donors (Lipinski definition) is 1. The van der Waals surface area contributed by atoms with Crippen LogP contribution in [0.25, 0.3) is 0 Å². The smallest absolute Gasteiger partial charge is 0.346 e. The van der Waals surface area contributed by atoms with E-state index in [0.29, 0.717) is 17.0 Å². The third-order valence-electron chi connectivity index (χ3n) is 2.82. The van der Waals surface area contributed by atoms with Gasteiger partial charge in [-0.3, -0.25) is 0 Å². The van der Waals surface area contributed by atoms with E-state index in [0.717, 1.165) is 15.6 Å². The molecule has 0 atom stereocenters. The zero-order chi connectivity index (χ0) is 15.8. The fourth-order valence-corrected chi connectivity index (χ4v) is 4.48. The molecule has 2 aromatic rings. The molecule has 0 saturated heterocycles. The van der Waals surface area contributed by atoms with Gasteiger partial charge >= 0.3 is 5.97 Å². The minimum Gasteiger partial charge on any atom is -0.477 e. The van der Waals surface area contributed by atoms with Gasteiger partial charge in [0.1, 0.15) is 14.8 Å². The number of nitrogens with zero attached hydrogens (tertiary/aromatic N) is 2. The lowest BCUT2D eigenvalue weighted by molar-refractivity contribution is 0.0701. The van der Waals surface area contributed by atoms with Crippen molar-refractivity contribution in [1.82, 2.24) is 9.46 Å². The summed E-state index contributed by atoms with van der Waals surface area (Å²) in [5, 5.41) is 12.7. The molecule has 2 rings (SSSR count). The van der Waals surface area contributed by atoms with E-state index in [4.69, 9.17) is 9.63 Å². The molecule has 0 aromatic carbocycles. The molecule has 2 heterocycles. The molecule has 0 aliphatic carbocycles. The number of rotatable bonds is 5. The van der Waals surface area contributed by atoms with Crippen LogP contribution in [0.3, 0.4) is 0 Å². The number of carboxylic acid groups (broad SMARTS) is 1. The van der Waals surface area contributed by atoms with Gasteiger partial charge in [-0.1, -0.05) is 5.16 Å². The van der Waals surface area contributed by atoms with Gasteiger partial charge in [0.25, 0.3) is 10.0 Å². The third-order valence-corrected chi connectivity index (χ3v) is 6.29. The summed E-state index contributed by atoms with van der Waals surface area (Å²) in [7, 11) is -2.34. The number of sulfonamides is 1. The standard InChI is InChI=1S/C12H14N2O5S2/c1-7-4-10(20-11(7)12(15)16)21(17,18)14(3)6-9-5-8(2)19-13-9/h4-5H,6H2,1-3H3,(H,15,16). The largest absolute Gasteiger partial charge is 0.477 e. The van der Waals surface area contributed by atoms with Crippen molar-refractivity contribution >= 4 is 27.3 Å². The van der Waals surface area contributed by atoms with Crippen molar-refractivity contribution in [3.05, 3.63) is 34.0 Å². The summed E-state index contributed by atoms with van der Waals surface area (Å²) in [4.78, 5) is 11.0. The van der Waals surface area contributed by atoms with Crippen molar-refractivity contribution in [1.29, 1.82) is 0 Å². The zero-order valence-corrected chi connectivity index (χ0v) is 13.3. The van der Waals surface area contributed by atoms with E-state index < -0.39 is 16.0 Å². The maximum Gasteiger partial charge on any atom is 0.346 e. The highest BCUT2D eigenvalue weighted by molar-refractivity contribution is 7.91. The molecule has 0 aliphatic rings. The highest BCUT2D eigenvalue weighted by Gasteiger charge is 2.26. The van der Waals surface area contributed by atoms with Crippen LogP contribution in [0.2, 0.25) is 0 Å². The normalized spacial score (nSPS) is 12.0. The fourth-order valence-electron chi connectivity index (χ4n) is 1.75. The highest BCUT2D eigenvalue weighted by atomic mass is 32.2. The van der Waals surface area contributed by atoms with E-state index in [2.05, 4.69) is 5.16 Å². The number of thiophene rings is 1. The average molecular weight is 330 g/mol. The monoisotopic (exact) mass is 330 g/mol. The summed E-state index contributed by atoms with van der Waals surface area (Å²) in [5.41, 5.74) is 0.919. The number of aryl methyl sites for hydroxylation is 2. The second-order valence-electron chi connectivity index (χ2n) is 4.57. The van der Waals surface area contributed by atoms with Crippen LogP contribution < -0.4 is 0 Å². The lowest BCUT2D eigenvalue weighted by Crippen LogP contribution is -2.25. The minimum absolute atomic E-state index is 0.000108. The fraction of sp³-hybridized carbons (Fsp3) is 0.333. The van der Waals surface area contributed by atoms with Gasteiger partial charge in [-0.05, 0) is 25.5 Å². The predicted octanol–water partition coefficient (Wildman–Crippen LogP) is 1.87. The summed E-state index contributed by atoms with van der Waals surface area (Å²) < 4.78 is 30.8. The molecule has 0 aliphatic heterocycles. The molecule has 1 N–H and O–H groups in total. The lowest BCUT2D eigenvalue weighted by atomic mass is 10.3. The Balaban J connectivity index is 2.28. The first kappa shape index (κ1) is 15.7. The topological polar surface area (TPSA) is 101 Å². The molecular weight excluding hydrogens is 316 g/mol. The van der Waals surface area contributed by atoms with Gasteiger partial charge in [-0.15, -0.1) is 11.3 Å². The maximum atomic E-state index is 12.4. The molecule has 0 fully saturated rings. The van der Waals surface area contributed by atoms with Crippen molar-refractivity contribution in [3.8, 4) is 0 Å². The summed E-state index contributed by atoms with van der Waals surface area (Å²) in [6, 6.07) is 3.02. The lowest BCUT2D eigenvalue weighted by Gasteiger charge is -2.13. The molecule has 0 bridgehead atoms. The van der Waals surface area contributed by atoms with Crippen LogP contribution in [0.4, 0.5) is 0 Å². The van der Waals surface area contributed by atoms with Crippen LogP contribution in [0.1, 0.15) is 26.7 Å². The second kappa shape index (κ2) is 5.58. The van der Waals surface area contributed by atoms with Crippen molar-refractivity contribution in [2.24, 2.45) is 0 Å². The Hall–Kier alpha value is -1.71. The first-order valence-corrected chi connectivity index (χ1v) is 8.19. The Morgan fingerprint density at radius 1 is 1.43 bits per heavy atom. The van der Waals surface area contributed by atoms with Crippen molar-refractivity contribution in [3.63, 3.8) is 0 Å². The van der Waals surface area contributed by atoms with E-state index in [1.165, 1.54) is 13.1 Å². The SMILES string of the molecule is Cc1cc(CN(C)S(=O)(=O)c2cc(C)c(C(=O)O)s2)no1. The molecule has 2 aromatic heterocycles. The Labute approximate surface area is 125 Å². The van der Waals surface area contributed by atoms with Crippen LogP contribution >= 0.6 is 11.3 Å². The molecule has 9 heteroatoms. The summed E-state index contributed by atoms with van der Waals surface area (Å²) in [5.74, 6) is -0.537. The van der Waals surface area contributed by atoms with Crippen molar-refractivity contribution in [2.75, 3.05) is 7.05 Å². The molecule has 0 radical (unpaired) electrons. The van der Waals surface area contributed by atoms with Gasteiger partial charge < -0.3 is 9.63 Å². The minimum atomic E-state index is -3.76. The molecule has 0 amide bonds. The van der Waals surface area contributed by atoms with E-state index in [-0.39, 0.29) is 15.6 Å². The van der Waals surface area contributed by atoms with Crippen LogP contribution in [0.5, 0.6) is 0 Å². The van der Waals surface area contributed by atoms with Crippen LogP contribution in [-0.2, 0) is 16.6 Å². The quantitative estimate of drug-likeness (QED) is 0.898. The number of carbonyl (C=O) groups is 1. The van der Waals surface area contributed by atoms with E-state index in [9.17, 15) is 13.2 Å². The Morgan fingerprint density at radius 3 is 2.57 bits per heavy atom. The summed E-state index contributed by atoms with van der Waals surface area (Å²) in [6.45, 7) is 3.34. The summed E-state index contributed by atoms with van der Waals surface area (Å²) in [6.07, 6.45) is 0. The Morgan fingerprint density at radius 2 is 2.10 bits per heavy atom. The van der Waals surface area contributed by atoms with Crippen molar-refractivity contribution in [2.45, 2.75) is 24.6 Å². The van der Waals surface area contributed by atoms with Gasteiger partial charge in [0.15, 0.2) is 0 Å². The van der Waals surface area contributed by atoms with Gasteiger partial charge in [0, 0.05) is 13.1 Å². The number of hydrogen-bond acceptors (Lipinski definition) is 6. The highest BCUT2D eigenvalue weighted by Crippen LogP contribution is 2.28. The third kappa shape index (κ3) is 3.14. The molecule has 0 unspecified atom stereocenters. The van der Waals surface area contributed by atoms with Gasteiger partial charge in [-0.2, -0.15) is 4.31 Å².